The second kappa shape index (κ2) is 14.3. The van der Waals surface area contributed by atoms with Gasteiger partial charge in [-0.2, -0.15) is 0 Å². The molecule has 204 valence electrons. The molecule has 0 saturated heterocycles. The first-order chi connectivity index (χ1) is 18.2. The number of alkyl halides is 1. The molecule has 2 aromatic carbocycles. The lowest BCUT2D eigenvalue weighted by Gasteiger charge is -2.19. The summed E-state index contributed by atoms with van der Waals surface area (Å²) < 4.78 is 17.1. The number of fused-ring (bicyclic) bond motifs is 1. The molecule has 0 saturated carbocycles. The maximum atomic E-state index is 12.9. The number of ether oxygens (including phenoxy) is 3. The molecule has 1 aromatic heterocycles. The highest BCUT2D eigenvalue weighted by Crippen LogP contribution is 2.35. The lowest BCUT2D eigenvalue weighted by molar-refractivity contribution is -0.145. The second-order valence-electron chi connectivity index (χ2n) is 9.01. The lowest BCUT2D eigenvalue weighted by Crippen LogP contribution is -2.43. The Labute approximate surface area is 239 Å². The van der Waals surface area contributed by atoms with Gasteiger partial charge in [0, 0.05) is 26.9 Å². The molecule has 11 heteroatoms. The van der Waals surface area contributed by atoms with E-state index in [0.29, 0.717) is 41.5 Å². The number of carbonyl (C=O) groups excluding carboxylic acids is 2. The summed E-state index contributed by atoms with van der Waals surface area (Å²) in [6, 6.07) is 8.54. The minimum Gasteiger partial charge on any atom is -0.493 e. The van der Waals surface area contributed by atoms with E-state index in [1.54, 1.807) is 7.11 Å². The van der Waals surface area contributed by atoms with Gasteiger partial charge in [-0.05, 0) is 42.5 Å². The Balaban J connectivity index is 1.90. The Morgan fingerprint density at radius 2 is 1.87 bits per heavy atom. The number of aromatic nitrogens is 2. The second-order valence-corrected chi connectivity index (χ2v) is 10.7. The van der Waals surface area contributed by atoms with Crippen LogP contribution in [0.4, 0.5) is 11.5 Å². The topological polar surface area (TPSA) is 112 Å². The number of halogens is 2. The summed E-state index contributed by atoms with van der Waals surface area (Å²) in [5.74, 6) is 1.19. The third kappa shape index (κ3) is 8.04. The first-order valence-corrected chi connectivity index (χ1v) is 14.1. The monoisotopic (exact) mass is 650 g/mol. The number of carbonyl (C=O) groups is 2. The van der Waals surface area contributed by atoms with Gasteiger partial charge in [-0.1, -0.05) is 51.8 Å². The van der Waals surface area contributed by atoms with Crippen molar-refractivity contribution in [3.05, 3.63) is 46.7 Å². The highest BCUT2D eigenvalue weighted by Gasteiger charge is 2.23. The quantitative estimate of drug-likeness (QED) is 0.141. The summed E-state index contributed by atoms with van der Waals surface area (Å²) in [6.07, 6.45) is 2.85. The summed E-state index contributed by atoms with van der Waals surface area (Å²) >= 11 is 6.93. The fourth-order valence-electron chi connectivity index (χ4n) is 3.87. The molecule has 2 N–H and O–H groups in total. The molecule has 0 unspecified atom stereocenters. The van der Waals surface area contributed by atoms with Crippen LogP contribution in [0.1, 0.15) is 32.3 Å². The molecule has 1 atom stereocenters. The van der Waals surface area contributed by atoms with Crippen molar-refractivity contribution in [3.63, 3.8) is 0 Å². The normalized spacial score (nSPS) is 11.8. The Hall–Kier alpha value is -2.92. The van der Waals surface area contributed by atoms with Crippen LogP contribution in [0.25, 0.3) is 10.9 Å². The summed E-state index contributed by atoms with van der Waals surface area (Å²) in [6.45, 7) is 4.50. The summed E-state index contributed by atoms with van der Waals surface area (Å²) in [5.41, 5.74) is 2.09. The maximum Gasteiger partial charge on any atom is 0.328 e. The lowest BCUT2D eigenvalue weighted by atomic mass is 10.0. The maximum absolute atomic E-state index is 12.9. The SMILES string of the molecule is COC(=O)[C@H](CC(C)C)NC(=O)Cc1ccc(Br)cc1Nc1ncnc2cc(OC)c(OCCCBr)cc12. The van der Waals surface area contributed by atoms with E-state index < -0.39 is 12.0 Å². The molecule has 1 heterocycles. The highest BCUT2D eigenvalue weighted by atomic mass is 79.9. The largest absolute Gasteiger partial charge is 0.493 e. The summed E-state index contributed by atoms with van der Waals surface area (Å²) in [4.78, 5) is 34.0. The minimum absolute atomic E-state index is 0.0545. The number of amides is 1. The van der Waals surface area contributed by atoms with Gasteiger partial charge < -0.3 is 24.8 Å². The number of rotatable bonds is 13. The van der Waals surface area contributed by atoms with Crippen molar-refractivity contribution < 1.29 is 23.8 Å². The Kier molecular flexibility index (Phi) is 11.1. The standard InChI is InChI=1S/C27H32Br2N4O5/c1-16(2)10-22(27(35)37-4)32-25(34)11-17-6-7-18(29)12-20(17)33-26-19-13-24(38-9-5-8-28)23(36-3)14-21(19)30-15-31-26/h6-7,12-16,22H,5,8-11H2,1-4H3,(H,32,34)(H,30,31,33)/t22-/m0/s1. The summed E-state index contributed by atoms with van der Waals surface area (Å²) in [7, 11) is 2.90. The molecule has 0 aliphatic carbocycles. The Bertz CT molecular complexity index is 1270. The van der Waals surface area contributed by atoms with Crippen molar-refractivity contribution >= 4 is 66.1 Å². The summed E-state index contributed by atoms with van der Waals surface area (Å²) in [5, 5.41) is 7.74. The van der Waals surface area contributed by atoms with Crippen LogP contribution in [0.15, 0.2) is 41.1 Å². The smallest absolute Gasteiger partial charge is 0.328 e. The predicted molar refractivity (Wildman–Crippen MR) is 155 cm³/mol. The number of anilines is 2. The van der Waals surface area contributed by atoms with E-state index in [-0.39, 0.29) is 18.2 Å². The van der Waals surface area contributed by atoms with E-state index in [4.69, 9.17) is 14.2 Å². The van der Waals surface area contributed by atoms with Gasteiger partial charge in [0.1, 0.15) is 18.2 Å². The zero-order chi connectivity index (χ0) is 27.7. The molecule has 0 bridgehead atoms. The molecule has 38 heavy (non-hydrogen) atoms. The number of hydrogen-bond donors (Lipinski definition) is 2. The van der Waals surface area contributed by atoms with Crippen LogP contribution in [0, 0.1) is 5.92 Å². The van der Waals surface area contributed by atoms with Crippen LogP contribution in [0.3, 0.4) is 0 Å². The van der Waals surface area contributed by atoms with Gasteiger partial charge in [0.2, 0.25) is 5.91 Å². The zero-order valence-electron chi connectivity index (χ0n) is 21.8. The molecule has 9 nitrogen and oxygen atoms in total. The van der Waals surface area contributed by atoms with Gasteiger partial charge in [0.15, 0.2) is 11.5 Å². The number of esters is 1. The van der Waals surface area contributed by atoms with Crippen LogP contribution in [-0.4, -0.2) is 54.0 Å². The van der Waals surface area contributed by atoms with Crippen LogP contribution in [-0.2, 0) is 20.7 Å². The van der Waals surface area contributed by atoms with E-state index in [1.165, 1.54) is 13.4 Å². The van der Waals surface area contributed by atoms with Gasteiger partial charge in [-0.15, -0.1) is 0 Å². The molecule has 0 fully saturated rings. The number of hydrogen-bond acceptors (Lipinski definition) is 8. The minimum atomic E-state index is -0.705. The van der Waals surface area contributed by atoms with Crippen LogP contribution in [0.2, 0.25) is 0 Å². The number of nitrogens with zero attached hydrogens (tertiary/aromatic N) is 2. The predicted octanol–water partition coefficient (Wildman–Crippen LogP) is 5.55. The van der Waals surface area contributed by atoms with Gasteiger partial charge in [-0.25, -0.2) is 14.8 Å². The molecular weight excluding hydrogens is 620 g/mol. The first kappa shape index (κ1) is 29.6. The van der Waals surface area contributed by atoms with E-state index in [9.17, 15) is 9.59 Å². The Morgan fingerprint density at radius 1 is 1.08 bits per heavy atom. The van der Waals surface area contributed by atoms with Gasteiger partial charge in [0.05, 0.1) is 32.8 Å². The molecule has 3 aromatic rings. The van der Waals surface area contributed by atoms with Crippen molar-refractivity contribution in [2.75, 3.05) is 31.5 Å². The van der Waals surface area contributed by atoms with Crippen LogP contribution >= 0.6 is 31.9 Å². The number of methoxy groups -OCH3 is 2. The molecule has 0 aliphatic rings. The zero-order valence-corrected chi connectivity index (χ0v) is 25.0. The van der Waals surface area contributed by atoms with Crippen molar-refractivity contribution in [2.45, 2.75) is 39.2 Å². The molecule has 1 amide bonds. The number of benzene rings is 2. The van der Waals surface area contributed by atoms with Crippen molar-refractivity contribution in [1.29, 1.82) is 0 Å². The van der Waals surface area contributed by atoms with E-state index in [2.05, 4.69) is 52.5 Å². The van der Waals surface area contributed by atoms with Gasteiger partial charge in [0.25, 0.3) is 0 Å². The number of nitrogens with one attached hydrogen (secondary N) is 2. The molecular formula is C27H32Br2N4O5. The van der Waals surface area contributed by atoms with E-state index in [0.717, 1.165) is 27.2 Å². The third-order valence-electron chi connectivity index (χ3n) is 5.66. The van der Waals surface area contributed by atoms with E-state index >= 15 is 0 Å². The highest BCUT2D eigenvalue weighted by molar-refractivity contribution is 9.10. The van der Waals surface area contributed by atoms with Crippen LogP contribution in [0.5, 0.6) is 11.5 Å². The van der Waals surface area contributed by atoms with Crippen molar-refractivity contribution in [2.24, 2.45) is 5.92 Å². The Morgan fingerprint density at radius 3 is 2.55 bits per heavy atom. The average Bonchev–Trinajstić information content (AvgIpc) is 2.89. The van der Waals surface area contributed by atoms with Crippen LogP contribution < -0.4 is 20.1 Å². The van der Waals surface area contributed by atoms with E-state index in [1.807, 2.05) is 44.2 Å². The van der Waals surface area contributed by atoms with Crippen molar-refractivity contribution in [3.8, 4) is 11.5 Å². The fourth-order valence-corrected chi connectivity index (χ4v) is 4.46. The average molecular weight is 652 g/mol. The first-order valence-electron chi connectivity index (χ1n) is 12.2. The van der Waals surface area contributed by atoms with Gasteiger partial charge in [-0.3, -0.25) is 4.79 Å². The molecule has 0 spiro atoms. The molecule has 0 radical (unpaired) electrons. The van der Waals surface area contributed by atoms with Gasteiger partial charge >= 0.3 is 5.97 Å². The third-order valence-corrected chi connectivity index (χ3v) is 6.71. The fraction of sp³-hybridized carbons (Fsp3) is 0.407. The van der Waals surface area contributed by atoms with Crippen molar-refractivity contribution in [1.82, 2.24) is 15.3 Å². The molecule has 3 rings (SSSR count). The molecule has 0 aliphatic heterocycles.